The lowest BCUT2D eigenvalue weighted by Crippen LogP contribution is -2.55. The highest BCUT2D eigenvalue weighted by atomic mass is 16.5. The Kier molecular flexibility index (Phi) is 10.8. The van der Waals surface area contributed by atoms with Crippen LogP contribution in [0.2, 0.25) is 0 Å². The molecule has 0 fully saturated rings. The summed E-state index contributed by atoms with van der Waals surface area (Å²) in [4.78, 5) is 58.0. The van der Waals surface area contributed by atoms with Crippen LogP contribution in [0.25, 0.3) is 22.6 Å². The number of amides is 4. The molecule has 0 radical (unpaired) electrons. The van der Waals surface area contributed by atoms with Crippen molar-refractivity contribution in [2.75, 3.05) is 19.8 Å². The second kappa shape index (κ2) is 15.9. The third-order valence-electron chi connectivity index (χ3n) is 8.07. The van der Waals surface area contributed by atoms with Crippen LogP contribution in [0, 0.1) is 0 Å². The molecule has 3 atom stereocenters. The molecule has 15 nitrogen and oxygen atoms in total. The van der Waals surface area contributed by atoms with Gasteiger partial charge in [-0.1, -0.05) is 78.0 Å². The topological polar surface area (TPSA) is 203 Å². The Labute approximate surface area is 292 Å². The van der Waals surface area contributed by atoms with Crippen LogP contribution in [0.15, 0.2) is 95.5 Å². The standard InChI is InChI=1S/C36H36N8O7/c1-22-33-41-32(25-10-6-3-7-11-25)42-44(33)20-31(46)37-16-17-50-26-14-12-23(13-15-26)18-28(34(47)40-29(21-45)35(48)38-22)39-36(49)30-19-27(43-51-30)24-8-4-2-5-9-24/h2-15,19,22,28-29,45H,16-18,20-21H2,1H3,(H,37,46)(H,38,48)(H,39,49)(H,40,47)/t22-,28-,29-/m0/s1. The molecule has 0 aliphatic carbocycles. The average Bonchev–Trinajstić information content (AvgIpc) is 3.81. The van der Waals surface area contributed by atoms with E-state index in [9.17, 15) is 24.3 Å². The smallest absolute Gasteiger partial charge is 0.290 e. The molecule has 51 heavy (non-hydrogen) atoms. The lowest BCUT2D eigenvalue weighted by atomic mass is 10.0. The van der Waals surface area contributed by atoms with E-state index in [4.69, 9.17) is 9.26 Å². The van der Waals surface area contributed by atoms with Crippen LogP contribution in [0.4, 0.5) is 0 Å². The van der Waals surface area contributed by atoms with Crippen molar-refractivity contribution in [2.24, 2.45) is 0 Å². The zero-order valence-electron chi connectivity index (χ0n) is 27.6. The van der Waals surface area contributed by atoms with E-state index in [1.807, 2.05) is 60.7 Å². The maximum absolute atomic E-state index is 13.7. The zero-order valence-corrected chi connectivity index (χ0v) is 27.6. The van der Waals surface area contributed by atoms with Gasteiger partial charge in [0.05, 0.1) is 19.2 Å². The molecule has 0 saturated carbocycles. The van der Waals surface area contributed by atoms with Gasteiger partial charge in [-0.05, 0) is 24.6 Å². The minimum Gasteiger partial charge on any atom is -0.492 e. The van der Waals surface area contributed by atoms with Crippen LogP contribution in [-0.4, -0.2) is 80.5 Å². The predicted molar refractivity (Wildman–Crippen MR) is 183 cm³/mol. The van der Waals surface area contributed by atoms with Crippen molar-refractivity contribution in [3.05, 3.63) is 108 Å². The highest BCUT2D eigenvalue weighted by Crippen LogP contribution is 2.21. The first-order valence-corrected chi connectivity index (χ1v) is 16.3. The largest absolute Gasteiger partial charge is 0.492 e. The van der Waals surface area contributed by atoms with E-state index in [0.29, 0.717) is 28.4 Å². The first kappa shape index (κ1) is 34.5. The van der Waals surface area contributed by atoms with Gasteiger partial charge in [-0.3, -0.25) is 19.2 Å². The summed E-state index contributed by atoms with van der Waals surface area (Å²) >= 11 is 0. The molecule has 0 unspecified atom stereocenters. The Bertz CT molecular complexity index is 1980. The molecule has 3 aromatic carbocycles. The molecular formula is C36H36N8O7. The number of ether oxygens (including phenoxy) is 1. The van der Waals surface area contributed by atoms with Crippen LogP contribution in [-0.2, 0) is 27.3 Å². The van der Waals surface area contributed by atoms with Crippen molar-refractivity contribution in [3.63, 3.8) is 0 Å². The minimum absolute atomic E-state index is 0.0229. The Morgan fingerprint density at radius 2 is 1.65 bits per heavy atom. The fourth-order valence-corrected chi connectivity index (χ4v) is 5.42. The number of fused-ring (bicyclic) bond motifs is 14. The number of carbonyl (C=O) groups is 4. The highest BCUT2D eigenvalue weighted by Gasteiger charge is 2.30. The van der Waals surface area contributed by atoms with Gasteiger partial charge in [-0.15, -0.1) is 0 Å². The molecule has 2 bridgehead atoms. The molecule has 7 rings (SSSR count). The summed E-state index contributed by atoms with van der Waals surface area (Å²) in [5, 5.41) is 29.5. The van der Waals surface area contributed by atoms with Crippen LogP contribution in [0.3, 0.4) is 0 Å². The van der Waals surface area contributed by atoms with Gasteiger partial charge in [0.1, 0.15) is 42.5 Å². The normalized spacial score (nSPS) is 18.8. The third kappa shape index (κ3) is 8.63. The van der Waals surface area contributed by atoms with E-state index < -0.39 is 42.5 Å². The van der Waals surface area contributed by atoms with Crippen LogP contribution < -0.4 is 26.0 Å². The van der Waals surface area contributed by atoms with Crippen molar-refractivity contribution >= 4 is 23.6 Å². The Hall–Kier alpha value is -6.35. The molecule has 0 spiro atoms. The third-order valence-corrected chi connectivity index (χ3v) is 8.07. The molecule has 2 aromatic heterocycles. The van der Waals surface area contributed by atoms with Gasteiger partial charge in [0.15, 0.2) is 5.82 Å². The van der Waals surface area contributed by atoms with Gasteiger partial charge in [-0.2, -0.15) is 5.10 Å². The molecule has 5 aromatic rings. The SMILES string of the molecule is C[C@@H]1NC(=O)[C@H](CO)NC(=O)[C@@H](NC(=O)c2cc(-c3ccccc3)no2)Cc2ccc(cc2)OCCNC(=O)Cn2nc(-c3ccccc3)nc21. The summed E-state index contributed by atoms with van der Waals surface area (Å²) in [6.07, 6.45) is 0.0229. The molecular weight excluding hydrogens is 656 g/mol. The fraction of sp³-hybridized carbons (Fsp3) is 0.250. The quantitative estimate of drug-likeness (QED) is 0.181. The maximum atomic E-state index is 13.7. The number of nitrogens with one attached hydrogen (secondary N) is 4. The number of aliphatic hydroxyl groups is 1. The lowest BCUT2D eigenvalue weighted by Gasteiger charge is -2.23. The van der Waals surface area contributed by atoms with Crippen molar-refractivity contribution in [3.8, 4) is 28.4 Å². The van der Waals surface area contributed by atoms with Gasteiger partial charge in [-0.25, -0.2) is 9.67 Å². The van der Waals surface area contributed by atoms with Gasteiger partial charge >= 0.3 is 0 Å². The summed E-state index contributed by atoms with van der Waals surface area (Å²) < 4.78 is 12.5. The van der Waals surface area contributed by atoms with E-state index in [2.05, 4.69) is 36.5 Å². The molecule has 0 saturated heterocycles. The maximum Gasteiger partial charge on any atom is 0.290 e. The number of aliphatic hydroxyl groups excluding tert-OH is 1. The molecule has 4 amide bonds. The molecule has 2 aliphatic rings. The van der Waals surface area contributed by atoms with Crippen LogP contribution in [0.1, 0.15) is 34.9 Å². The number of benzene rings is 3. The Morgan fingerprint density at radius 1 is 0.941 bits per heavy atom. The first-order valence-electron chi connectivity index (χ1n) is 16.3. The van der Waals surface area contributed by atoms with Crippen molar-refractivity contribution < 1.29 is 33.5 Å². The highest BCUT2D eigenvalue weighted by molar-refractivity contribution is 5.97. The monoisotopic (exact) mass is 692 g/mol. The van der Waals surface area contributed by atoms with E-state index in [1.54, 1.807) is 31.2 Å². The van der Waals surface area contributed by atoms with Crippen molar-refractivity contribution in [2.45, 2.75) is 38.0 Å². The van der Waals surface area contributed by atoms with E-state index >= 15 is 0 Å². The summed E-state index contributed by atoms with van der Waals surface area (Å²) in [7, 11) is 0. The summed E-state index contributed by atoms with van der Waals surface area (Å²) in [5.41, 5.74) is 2.55. The Morgan fingerprint density at radius 3 is 2.35 bits per heavy atom. The Balaban J connectivity index is 1.26. The van der Waals surface area contributed by atoms with Gasteiger partial charge in [0.2, 0.25) is 23.5 Å². The zero-order chi connectivity index (χ0) is 35.7. The average molecular weight is 693 g/mol. The van der Waals surface area contributed by atoms with Gasteiger partial charge < -0.3 is 35.6 Å². The number of carbonyl (C=O) groups excluding carboxylic acids is 4. The molecule has 15 heteroatoms. The molecule has 262 valence electrons. The predicted octanol–water partition coefficient (Wildman–Crippen LogP) is 1.80. The number of aromatic nitrogens is 4. The van der Waals surface area contributed by atoms with E-state index in [-0.39, 0.29) is 43.6 Å². The number of hydrogen-bond donors (Lipinski definition) is 5. The fourth-order valence-electron chi connectivity index (χ4n) is 5.42. The first-order chi connectivity index (χ1) is 24.8. The van der Waals surface area contributed by atoms with E-state index in [1.165, 1.54) is 10.7 Å². The van der Waals surface area contributed by atoms with E-state index in [0.717, 1.165) is 5.56 Å². The van der Waals surface area contributed by atoms with Crippen molar-refractivity contribution in [1.29, 1.82) is 0 Å². The lowest BCUT2D eigenvalue weighted by molar-refractivity contribution is -0.131. The van der Waals surface area contributed by atoms with Gasteiger partial charge in [0, 0.05) is 23.6 Å². The van der Waals surface area contributed by atoms with Gasteiger partial charge in [0.25, 0.3) is 5.91 Å². The van der Waals surface area contributed by atoms with Crippen molar-refractivity contribution in [1.82, 2.24) is 41.2 Å². The van der Waals surface area contributed by atoms with Crippen LogP contribution in [0.5, 0.6) is 5.75 Å². The second-order valence-corrected chi connectivity index (χ2v) is 11.8. The molecule has 2 aliphatic heterocycles. The summed E-state index contributed by atoms with van der Waals surface area (Å²) in [6.45, 7) is 1.10. The number of rotatable bonds is 5. The number of nitrogens with zero attached hydrogens (tertiary/aromatic N) is 4. The minimum atomic E-state index is -1.40. The van der Waals surface area contributed by atoms with Crippen LogP contribution >= 0.6 is 0 Å². The summed E-state index contributed by atoms with van der Waals surface area (Å²) in [6, 6.07) is 23.2. The molecule has 5 N–H and O–H groups in total. The number of hydrogen-bond acceptors (Lipinski definition) is 10. The summed E-state index contributed by atoms with van der Waals surface area (Å²) in [5.74, 6) is -1.46. The second-order valence-electron chi connectivity index (χ2n) is 11.8. The molecule has 4 heterocycles.